The minimum Gasteiger partial charge on any atom is -0.453 e. The minimum atomic E-state index is -0.768. The van der Waals surface area contributed by atoms with Crippen molar-refractivity contribution in [2.45, 2.75) is 71.8 Å². The molecular weight excluding hydrogens is 372 g/mol. The first-order valence-electron chi connectivity index (χ1n) is 10.3. The highest BCUT2D eigenvalue weighted by molar-refractivity contribution is 5.81. The van der Waals surface area contributed by atoms with Crippen LogP contribution in [0, 0.1) is 12.3 Å². The first-order valence-corrected chi connectivity index (χ1v) is 10.3. The van der Waals surface area contributed by atoms with Crippen LogP contribution in [0.5, 0.6) is 0 Å². The molecule has 160 valence electrons. The molecule has 0 aliphatic heterocycles. The molecule has 0 N–H and O–H groups in total. The number of ether oxygens (including phenoxy) is 3. The van der Waals surface area contributed by atoms with Crippen LogP contribution in [0.3, 0.4) is 0 Å². The number of carbonyl (C=O) groups is 3. The molecule has 1 aromatic carbocycles. The molecule has 6 nitrogen and oxygen atoms in total. The lowest BCUT2D eigenvalue weighted by molar-refractivity contribution is -0.177. The third-order valence-corrected chi connectivity index (χ3v) is 5.62. The van der Waals surface area contributed by atoms with Crippen LogP contribution in [0.15, 0.2) is 24.3 Å². The molecule has 0 atom stereocenters. The average Bonchev–Trinajstić information content (AvgIpc) is 2.71. The fourth-order valence-corrected chi connectivity index (χ4v) is 3.39. The number of benzene rings is 1. The molecule has 1 saturated carbocycles. The van der Waals surface area contributed by atoms with Gasteiger partial charge >= 0.3 is 17.9 Å². The van der Waals surface area contributed by atoms with Gasteiger partial charge in [-0.3, -0.25) is 4.79 Å². The number of carbonyl (C=O) groups excluding carboxylic acids is 3. The predicted octanol–water partition coefficient (Wildman–Crippen LogP) is 4.22. The van der Waals surface area contributed by atoms with Gasteiger partial charge in [0.05, 0.1) is 5.41 Å². The van der Waals surface area contributed by atoms with E-state index in [1.165, 1.54) is 0 Å². The van der Waals surface area contributed by atoms with E-state index in [0.29, 0.717) is 6.42 Å². The van der Waals surface area contributed by atoms with Crippen LogP contribution in [0.4, 0.5) is 0 Å². The Morgan fingerprint density at radius 3 is 2.28 bits per heavy atom. The predicted molar refractivity (Wildman–Crippen MR) is 108 cm³/mol. The first-order chi connectivity index (χ1) is 13.7. The largest absolute Gasteiger partial charge is 0.453 e. The third-order valence-electron chi connectivity index (χ3n) is 5.62. The summed E-state index contributed by atoms with van der Waals surface area (Å²) in [6.45, 7) is 6.34. The number of rotatable bonds is 8. The number of esters is 3. The van der Waals surface area contributed by atoms with Crippen LogP contribution >= 0.6 is 0 Å². The zero-order valence-corrected chi connectivity index (χ0v) is 17.9. The van der Waals surface area contributed by atoms with Gasteiger partial charge in [-0.1, -0.05) is 43.2 Å². The van der Waals surface area contributed by atoms with Gasteiger partial charge in [0.15, 0.2) is 13.2 Å². The Morgan fingerprint density at radius 2 is 1.66 bits per heavy atom. The third kappa shape index (κ3) is 6.31. The van der Waals surface area contributed by atoms with Crippen molar-refractivity contribution in [3.8, 4) is 0 Å². The summed E-state index contributed by atoms with van der Waals surface area (Å²) >= 11 is 0. The lowest BCUT2D eigenvalue weighted by Gasteiger charge is -2.37. The number of aryl methyl sites for hydroxylation is 1. The quantitative estimate of drug-likeness (QED) is 0.477. The maximum absolute atomic E-state index is 12.4. The van der Waals surface area contributed by atoms with Crippen molar-refractivity contribution in [3.05, 3.63) is 35.4 Å². The van der Waals surface area contributed by atoms with Gasteiger partial charge in [0.1, 0.15) is 5.60 Å². The first kappa shape index (κ1) is 22.9. The summed E-state index contributed by atoms with van der Waals surface area (Å²) in [4.78, 5) is 36.2. The molecule has 1 aromatic rings. The van der Waals surface area contributed by atoms with Gasteiger partial charge in [0.25, 0.3) is 0 Å². The standard InChI is InChI=1S/C23H32O6/c1-5-22(3,4)21(26)28-15-19(24)27-16-20(25)29-23(12-7-6-8-13-23)18-11-9-10-17(2)14-18/h9-11,14H,5-8,12-13,15-16H2,1-4H3. The zero-order chi connectivity index (χ0) is 21.5. The highest BCUT2D eigenvalue weighted by Gasteiger charge is 2.38. The van der Waals surface area contributed by atoms with E-state index in [0.717, 1.165) is 43.2 Å². The molecule has 0 radical (unpaired) electrons. The van der Waals surface area contributed by atoms with E-state index < -0.39 is 42.1 Å². The molecule has 0 aromatic heterocycles. The van der Waals surface area contributed by atoms with Crippen molar-refractivity contribution < 1.29 is 28.6 Å². The minimum absolute atomic E-state index is 0.472. The summed E-state index contributed by atoms with van der Waals surface area (Å²) in [5.74, 6) is -1.84. The van der Waals surface area contributed by atoms with Crippen molar-refractivity contribution in [1.82, 2.24) is 0 Å². The molecule has 0 spiro atoms. The molecule has 6 heteroatoms. The summed E-state index contributed by atoms with van der Waals surface area (Å²) in [5.41, 5.74) is 0.741. The second-order valence-electron chi connectivity index (χ2n) is 8.37. The molecule has 0 amide bonds. The van der Waals surface area contributed by atoms with Crippen LogP contribution < -0.4 is 0 Å². The Hall–Kier alpha value is -2.37. The summed E-state index contributed by atoms with van der Waals surface area (Å²) in [6.07, 6.45) is 5.15. The van der Waals surface area contributed by atoms with Gasteiger partial charge in [-0.15, -0.1) is 0 Å². The summed E-state index contributed by atoms with van der Waals surface area (Å²) < 4.78 is 15.8. The Bertz CT molecular complexity index is 731. The fourth-order valence-electron chi connectivity index (χ4n) is 3.39. The van der Waals surface area contributed by atoms with E-state index in [1.54, 1.807) is 13.8 Å². The SMILES string of the molecule is CCC(C)(C)C(=O)OCC(=O)OCC(=O)OC1(c2cccc(C)c2)CCCCC1. The molecule has 29 heavy (non-hydrogen) atoms. The molecule has 0 unspecified atom stereocenters. The van der Waals surface area contributed by atoms with Crippen LogP contribution in [0.2, 0.25) is 0 Å². The molecular formula is C23H32O6. The van der Waals surface area contributed by atoms with E-state index >= 15 is 0 Å². The summed E-state index contributed by atoms with van der Waals surface area (Å²) in [7, 11) is 0. The van der Waals surface area contributed by atoms with Crippen molar-refractivity contribution in [2.75, 3.05) is 13.2 Å². The van der Waals surface area contributed by atoms with Crippen LogP contribution in [-0.2, 0) is 34.2 Å². The highest BCUT2D eigenvalue weighted by atomic mass is 16.6. The van der Waals surface area contributed by atoms with Crippen molar-refractivity contribution in [2.24, 2.45) is 5.41 Å². The molecule has 1 aliphatic carbocycles. The van der Waals surface area contributed by atoms with Gasteiger partial charge < -0.3 is 14.2 Å². The van der Waals surface area contributed by atoms with Gasteiger partial charge in [0, 0.05) is 0 Å². The van der Waals surface area contributed by atoms with Crippen LogP contribution in [0.25, 0.3) is 0 Å². The van der Waals surface area contributed by atoms with E-state index in [9.17, 15) is 14.4 Å². The molecule has 2 rings (SSSR count). The summed E-state index contributed by atoms with van der Waals surface area (Å²) in [5, 5.41) is 0. The fraction of sp³-hybridized carbons (Fsp3) is 0.609. The van der Waals surface area contributed by atoms with E-state index in [4.69, 9.17) is 14.2 Å². The Labute approximate surface area is 172 Å². The molecule has 1 fully saturated rings. The van der Waals surface area contributed by atoms with Crippen molar-refractivity contribution in [1.29, 1.82) is 0 Å². The van der Waals surface area contributed by atoms with Gasteiger partial charge in [-0.2, -0.15) is 0 Å². The Kier molecular flexibility index (Phi) is 7.82. The molecule has 0 saturated heterocycles. The Balaban J connectivity index is 1.90. The van der Waals surface area contributed by atoms with Gasteiger partial charge in [-0.25, -0.2) is 9.59 Å². The molecule has 0 heterocycles. The zero-order valence-electron chi connectivity index (χ0n) is 17.9. The van der Waals surface area contributed by atoms with Crippen LogP contribution in [-0.4, -0.2) is 31.1 Å². The van der Waals surface area contributed by atoms with Crippen molar-refractivity contribution in [3.63, 3.8) is 0 Å². The van der Waals surface area contributed by atoms with E-state index in [2.05, 4.69) is 0 Å². The molecule has 1 aliphatic rings. The smallest absolute Gasteiger partial charge is 0.345 e. The van der Waals surface area contributed by atoms with Crippen molar-refractivity contribution >= 4 is 17.9 Å². The maximum Gasteiger partial charge on any atom is 0.345 e. The average molecular weight is 405 g/mol. The normalized spacial score (nSPS) is 16.0. The van der Waals surface area contributed by atoms with Gasteiger partial charge in [-0.05, 0) is 58.4 Å². The molecule has 0 bridgehead atoms. The second kappa shape index (κ2) is 9.90. The maximum atomic E-state index is 12.4. The topological polar surface area (TPSA) is 78.9 Å². The van der Waals surface area contributed by atoms with E-state index in [1.807, 2.05) is 38.1 Å². The van der Waals surface area contributed by atoms with Crippen LogP contribution in [0.1, 0.15) is 70.4 Å². The number of hydrogen-bond donors (Lipinski definition) is 0. The highest BCUT2D eigenvalue weighted by Crippen LogP contribution is 2.41. The second-order valence-corrected chi connectivity index (χ2v) is 8.37. The van der Waals surface area contributed by atoms with Gasteiger partial charge in [0.2, 0.25) is 0 Å². The lowest BCUT2D eigenvalue weighted by atomic mass is 9.79. The summed E-state index contributed by atoms with van der Waals surface area (Å²) in [6, 6.07) is 7.98. The number of hydrogen-bond acceptors (Lipinski definition) is 6. The van der Waals surface area contributed by atoms with E-state index in [-0.39, 0.29) is 0 Å². The monoisotopic (exact) mass is 404 g/mol. The lowest BCUT2D eigenvalue weighted by Crippen LogP contribution is -2.36. The Morgan fingerprint density at radius 1 is 1.00 bits per heavy atom.